The summed E-state index contributed by atoms with van der Waals surface area (Å²) in [6.07, 6.45) is 0. The van der Waals surface area contributed by atoms with Crippen LogP contribution in [0.2, 0.25) is 0 Å². The second-order valence-corrected chi connectivity index (χ2v) is 14.3. The second-order valence-electron chi connectivity index (χ2n) is 13.3. The maximum Gasteiger partial charge on any atom is 0.164 e. The normalized spacial score (nSPS) is 11.8. The number of hydrogen-bond donors (Lipinski definition) is 0. The van der Waals surface area contributed by atoms with Crippen molar-refractivity contribution in [2.24, 2.45) is 0 Å². The van der Waals surface area contributed by atoms with Crippen LogP contribution in [0.25, 0.3) is 103 Å². The van der Waals surface area contributed by atoms with Gasteiger partial charge < -0.3 is 4.57 Å². The summed E-state index contributed by atoms with van der Waals surface area (Å²) in [6.45, 7) is 0. The molecule has 0 aliphatic heterocycles. The average Bonchev–Trinajstić information content (AvgIpc) is 3.75. The highest BCUT2D eigenvalue weighted by molar-refractivity contribution is 7.26. The molecule has 0 unspecified atom stereocenters. The third kappa shape index (κ3) is 4.57. The fourth-order valence-electron chi connectivity index (χ4n) is 7.69. The standard InChI is InChI=1S/C47H28N4S/c1-2-12-30(13-3-1)45-48-46(34-22-21-29-11-4-5-14-31(29)25-34)50-47(49-45)35-23-24-37-38-18-10-20-41(44(38)52-43(37)28-35)51-40-19-9-8-17-36(40)39-26-32-15-6-7-16-33(32)27-42(39)51/h1-28H. The van der Waals surface area contributed by atoms with E-state index >= 15 is 0 Å². The number of fused-ring (bicyclic) bond motifs is 8. The van der Waals surface area contributed by atoms with Crippen molar-refractivity contribution in [3.63, 3.8) is 0 Å². The molecule has 0 atom stereocenters. The van der Waals surface area contributed by atoms with E-state index in [1.54, 1.807) is 0 Å². The van der Waals surface area contributed by atoms with E-state index in [-0.39, 0.29) is 0 Å². The molecule has 0 spiro atoms. The molecule has 3 aromatic heterocycles. The molecular formula is C47H28N4S. The van der Waals surface area contributed by atoms with Crippen LogP contribution in [-0.4, -0.2) is 19.5 Å². The van der Waals surface area contributed by atoms with Gasteiger partial charge in [0.1, 0.15) is 0 Å². The van der Waals surface area contributed by atoms with Gasteiger partial charge in [0.15, 0.2) is 17.5 Å². The van der Waals surface area contributed by atoms with Crippen LogP contribution < -0.4 is 0 Å². The first-order valence-corrected chi connectivity index (χ1v) is 18.3. The predicted octanol–water partition coefficient (Wildman–Crippen LogP) is 12.6. The Morgan fingerprint density at radius 3 is 1.79 bits per heavy atom. The minimum Gasteiger partial charge on any atom is -0.308 e. The zero-order valence-corrected chi connectivity index (χ0v) is 28.7. The van der Waals surface area contributed by atoms with Crippen LogP contribution in [0.5, 0.6) is 0 Å². The lowest BCUT2D eigenvalue weighted by Gasteiger charge is -2.10. The molecule has 0 aliphatic rings. The molecule has 0 amide bonds. The van der Waals surface area contributed by atoms with Crippen molar-refractivity contribution >= 4 is 74.9 Å². The molecule has 0 saturated carbocycles. The van der Waals surface area contributed by atoms with Gasteiger partial charge in [-0.05, 0) is 57.9 Å². The van der Waals surface area contributed by atoms with Crippen molar-refractivity contribution < 1.29 is 0 Å². The lowest BCUT2D eigenvalue weighted by atomic mass is 10.1. The summed E-state index contributed by atoms with van der Waals surface area (Å²) < 4.78 is 4.90. The number of nitrogens with zero attached hydrogens (tertiary/aromatic N) is 4. The zero-order chi connectivity index (χ0) is 34.2. The smallest absolute Gasteiger partial charge is 0.164 e. The molecule has 0 radical (unpaired) electrons. The first-order chi connectivity index (χ1) is 25.7. The molecule has 0 N–H and O–H groups in total. The van der Waals surface area contributed by atoms with Gasteiger partial charge in [-0.25, -0.2) is 15.0 Å². The van der Waals surface area contributed by atoms with Crippen LogP contribution >= 0.6 is 11.3 Å². The monoisotopic (exact) mass is 680 g/mol. The van der Waals surface area contributed by atoms with Gasteiger partial charge in [-0.2, -0.15) is 0 Å². The molecule has 11 aromatic rings. The largest absolute Gasteiger partial charge is 0.308 e. The first-order valence-electron chi connectivity index (χ1n) is 17.4. The van der Waals surface area contributed by atoms with E-state index in [0.29, 0.717) is 17.5 Å². The van der Waals surface area contributed by atoms with E-state index < -0.39 is 0 Å². The van der Waals surface area contributed by atoms with Gasteiger partial charge in [-0.3, -0.25) is 0 Å². The number of rotatable bonds is 4. The Bertz CT molecular complexity index is 3190. The summed E-state index contributed by atoms with van der Waals surface area (Å²) in [5.74, 6) is 1.98. The molecule has 0 fully saturated rings. The summed E-state index contributed by atoms with van der Waals surface area (Å²) in [5, 5.41) is 9.83. The molecule has 4 nitrogen and oxygen atoms in total. The van der Waals surface area contributed by atoms with Crippen molar-refractivity contribution in [1.82, 2.24) is 19.5 Å². The van der Waals surface area contributed by atoms with E-state index in [1.165, 1.54) is 63.8 Å². The van der Waals surface area contributed by atoms with E-state index in [0.717, 1.165) is 22.1 Å². The molecule has 0 aliphatic carbocycles. The van der Waals surface area contributed by atoms with Crippen molar-refractivity contribution in [3.05, 3.63) is 170 Å². The van der Waals surface area contributed by atoms with Crippen LogP contribution in [0.1, 0.15) is 0 Å². The van der Waals surface area contributed by atoms with Crippen LogP contribution in [0.3, 0.4) is 0 Å². The van der Waals surface area contributed by atoms with E-state index in [2.05, 4.69) is 156 Å². The molecule has 11 rings (SSSR count). The molecule has 52 heavy (non-hydrogen) atoms. The number of benzene rings is 8. The van der Waals surface area contributed by atoms with Crippen LogP contribution in [-0.2, 0) is 0 Å². The van der Waals surface area contributed by atoms with E-state index in [1.807, 2.05) is 29.5 Å². The lowest BCUT2D eigenvalue weighted by molar-refractivity contribution is 1.08. The third-order valence-electron chi connectivity index (χ3n) is 10.2. The van der Waals surface area contributed by atoms with E-state index in [4.69, 9.17) is 15.0 Å². The molecule has 5 heteroatoms. The summed E-state index contributed by atoms with van der Waals surface area (Å²) in [6, 6.07) is 60.3. The lowest BCUT2D eigenvalue weighted by Crippen LogP contribution is -2.00. The Hall–Kier alpha value is -6.69. The summed E-state index contributed by atoms with van der Waals surface area (Å²) in [4.78, 5) is 15.1. The molecule has 8 aromatic carbocycles. The number of hydrogen-bond acceptors (Lipinski definition) is 4. The SMILES string of the molecule is c1ccc(-c2nc(-c3ccc4ccccc4c3)nc(-c3ccc4c(c3)sc3c(-n5c6ccccc6c6cc7ccccc7cc65)cccc34)n2)cc1. The zero-order valence-electron chi connectivity index (χ0n) is 27.9. The first kappa shape index (κ1) is 29.1. The van der Waals surface area contributed by atoms with Crippen molar-refractivity contribution in [2.75, 3.05) is 0 Å². The second kappa shape index (κ2) is 11.4. The quantitative estimate of drug-likeness (QED) is 0.186. The fraction of sp³-hybridized carbons (Fsp3) is 0. The van der Waals surface area contributed by atoms with E-state index in [9.17, 15) is 0 Å². The minimum atomic E-state index is 0.658. The van der Waals surface area contributed by atoms with Crippen molar-refractivity contribution in [1.29, 1.82) is 0 Å². The fourth-order valence-corrected chi connectivity index (χ4v) is 8.94. The highest BCUT2D eigenvalue weighted by Crippen LogP contribution is 2.42. The van der Waals surface area contributed by atoms with Gasteiger partial charge in [-0.1, -0.05) is 133 Å². The third-order valence-corrected chi connectivity index (χ3v) is 11.4. The summed E-state index contributed by atoms with van der Waals surface area (Å²) >= 11 is 1.83. The maximum absolute atomic E-state index is 5.10. The highest BCUT2D eigenvalue weighted by atomic mass is 32.1. The van der Waals surface area contributed by atoms with Crippen LogP contribution in [0, 0.1) is 0 Å². The van der Waals surface area contributed by atoms with Crippen LogP contribution in [0.4, 0.5) is 0 Å². The van der Waals surface area contributed by atoms with Crippen molar-refractivity contribution in [2.45, 2.75) is 0 Å². The Labute approximate surface area is 302 Å². The number of thiophene rings is 1. The summed E-state index contributed by atoms with van der Waals surface area (Å²) in [7, 11) is 0. The van der Waals surface area contributed by atoms with Gasteiger partial charge in [0.05, 0.1) is 21.4 Å². The van der Waals surface area contributed by atoms with Gasteiger partial charge in [0.2, 0.25) is 0 Å². The number of para-hydroxylation sites is 1. The Morgan fingerprint density at radius 1 is 0.365 bits per heavy atom. The Balaban J connectivity index is 1.11. The molecule has 0 saturated heterocycles. The van der Waals surface area contributed by atoms with Crippen molar-refractivity contribution in [3.8, 4) is 39.9 Å². The van der Waals surface area contributed by atoms with Gasteiger partial charge >= 0.3 is 0 Å². The topological polar surface area (TPSA) is 43.6 Å². The van der Waals surface area contributed by atoms with Crippen LogP contribution in [0.15, 0.2) is 170 Å². The maximum atomic E-state index is 5.10. The van der Waals surface area contributed by atoms with Gasteiger partial charge in [0.25, 0.3) is 0 Å². The number of aromatic nitrogens is 4. The van der Waals surface area contributed by atoms with Gasteiger partial charge in [-0.15, -0.1) is 11.3 Å². The molecular weight excluding hydrogens is 653 g/mol. The molecule has 0 bridgehead atoms. The van der Waals surface area contributed by atoms with Gasteiger partial charge in [0, 0.05) is 42.9 Å². The Kier molecular flexibility index (Phi) is 6.39. The molecule has 3 heterocycles. The minimum absolute atomic E-state index is 0.658. The summed E-state index contributed by atoms with van der Waals surface area (Å²) in [5.41, 5.74) is 6.49. The highest BCUT2D eigenvalue weighted by Gasteiger charge is 2.19. The Morgan fingerprint density at radius 2 is 0.981 bits per heavy atom. The average molecular weight is 681 g/mol. The molecule has 242 valence electrons. The predicted molar refractivity (Wildman–Crippen MR) is 218 cm³/mol.